The van der Waals surface area contributed by atoms with Gasteiger partial charge in [0.25, 0.3) is 0 Å². The van der Waals surface area contributed by atoms with E-state index >= 15 is 0 Å². The number of allylic oxidation sites excluding steroid dienone is 16. The van der Waals surface area contributed by atoms with Gasteiger partial charge in [0.15, 0.2) is 6.10 Å². The molecular formula is C73H126O6. The van der Waals surface area contributed by atoms with E-state index < -0.39 is 6.10 Å². The van der Waals surface area contributed by atoms with Crippen LogP contribution in [0.5, 0.6) is 0 Å². The van der Waals surface area contributed by atoms with E-state index in [0.717, 1.165) is 116 Å². The van der Waals surface area contributed by atoms with Gasteiger partial charge in [0.1, 0.15) is 13.2 Å². The van der Waals surface area contributed by atoms with E-state index in [1.54, 1.807) is 0 Å². The van der Waals surface area contributed by atoms with E-state index in [2.05, 4.69) is 118 Å². The topological polar surface area (TPSA) is 78.9 Å². The molecule has 0 aromatic rings. The molecule has 0 amide bonds. The highest BCUT2D eigenvalue weighted by Gasteiger charge is 2.19. The van der Waals surface area contributed by atoms with Crippen LogP contribution in [0, 0.1) is 0 Å². The average molecular weight is 1100 g/mol. The predicted molar refractivity (Wildman–Crippen MR) is 344 cm³/mol. The average Bonchev–Trinajstić information content (AvgIpc) is 3.45. The Hall–Kier alpha value is -3.67. The summed E-state index contributed by atoms with van der Waals surface area (Å²) in [6.45, 7) is 6.50. The first-order valence-corrected chi connectivity index (χ1v) is 33.7. The van der Waals surface area contributed by atoms with Gasteiger partial charge in [-0.2, -0.15) is 0 Å². The molecule has 0 aliphatic carbocycles. The molecule has 0 aromatic carbocycles. The Morgan fingerprint density at radius 2 is 0.506 bits per heavy atom. The molecule has 6 nitrogen and oxygen atoms in total. The smallest absolute Gasteiger partial charge is 0.306 e. The Morgan fingerprint density at radius 3 is 0.823 bits per heavy atom. The fraction of sp³-hybridized carbons (Fsp3) is 0.740. The van der Waals surface area contributed by atoms with Crippen LogP contribution >= 0.6 is 0 Å². The summed E-state index contributed by atoms with van der Waals surface area (Å²) < 4.78 is 16.9. The zero-order valence-electron chi connectivity index (χ0n) is 52.1. The highest BCUT2D eigenvalue weighted by molar-refractivity contribution is 5.71. The summed E-state index contributed by atoms with van der Waals surface area (Å²) in [5.74, 6) is -0.898. The Labute approximate surface area is 489 Å². The molecule has 0 spiro atoms. The fourth-order valence-electron chi connectivity index (χ4n) is 9.48. The number of rotatable bonds is 61. The zero-order valence-corrected chi connectivity index (χ0v) is 52.1. The van der Waals surface area contributed by atoms with Crippen LogP contribution < -0.4 is 0 Å². The molecule has 0 heterocycles. The number of hydrogen-bond donors (Lipinski definition) is 0. The van der Waals surface area contributed by atoms with Crippen molar-refractivity contribution in [2.45, 2.75) is 335 Å². The largest absolute Gasteiger partial charge is 0.462 e. The number of esters is 3. The lowest BCUT2D eigenvalue weighted by molar-refractivity contribution is -0.167. The zero-order chi connectivity index (χ0) is 57.1. The van der Waals surface area contributed by atoms with Gasteiger partial charge in [0, 0.05) is 19.3 Å². The third-order valence-electron chi connectivity index (χ3n) is 14.5. The number of ether oxygens (including phenoxy) is 3. The normalized spacial score (nSPS) is 12.7. The Balaban J connectivity index is 4.29. The van der Waals surface area contributed by atoms with Crippen molar-refractivity contribution >= 4 is 17.9 Å². The van der Waals surface area contributed by atoms with E-state index in [1.165, 1.54) is 173 Å². The van der Waals surface area contributed by atoms with Gasteiger partial charge in [-0.1, -0.05) is 291 Å². The molecule has 0 aliphatic rings. The predicted octanol–water partition coefficient (Wildman–Crippen LogP) is 23.2. The summed E-state index contributed by atoms with van der Waals surface area (Å²) in [7, 11) is 0. The Morgan fingerprint density at radius 1 is 0.266 bits per heavy atom. The molecule has 1 unspecified atom stereocenters. The van der Waals surface area contributed by atoms with Gasteiger partial charge in [-0.05, 0) is 116 Å². The van der Waals surface area contributed by atoms with Crippen LogP contribution in [0.15, 0.2) is 97.2 Å². The third-order valence-corrected chi connectivity index (χ3v) is 14.5. The van der Waals surface area contributed by atoms with E-state index in [9.17, 15) is 14.4 Å². The van der Waals surface area contributed by atoms with Crippen molar-refractivity contribution in [1.29, 1.82) is 0 Å². The molecule has 454 valence electrons. The third kappa shape index (κ3) is 65.0. The Kier molecular flexibility index (Phi) is 63.7. The van der Waals surface area contributed by atoms with Crippen LogP contribution in [0.25, 0.3) is 0 Å². The van der Waals surface area contributed by atoms with E-state index in [0.29, 0.717) is 19.3 Å². The van der Waals surface area contributed by atoms with Crippen LogP contribution in [0.3, 0.4) is 0 Å². The van der Waals surface area contributed by atoms with Crippen LogP contribution in [-0.2, 0) is 28.6 Å². The molecule has 0 saturated carbocycles. The number of carbonyl (C=O) groups excluding carboxylic acids is 3. The molecule has 0 aliphatic heterocycles. The molecule has 0 bridgehead atoms. The van der Waals surface area contributed by atoms with Gasteiger partial charge in [-0.15, -0.1) is 0 Å². The summed E-state index contributed by atoms with van der Waals surface area (Å²) in [5, 5.41) is 0. The van der Waals surface area contributed by atoms with Crippen molar-refractivity contribution in [2.24, 2.45) is 0 Å². The van der Waals surface area contributed by atoms with Crippen LogP contribution in [0.4, 0.5) is 0 Å². The first kappa shape index (κ1) is 75.3. The number of unbranched alkanes of at least 4 members (excludes halogenated alkanes) is 34. The number of hydrogen-bond acceptors (Lipinski definition) is 6. The molecular weight excluding hydrogens is 973 g/mol. The fourth-order valence-corrected chi connectivity index (χ4v) is 9.48. The lowest BCUT2D eigenvalue weighted by Crippen LogP contribution is -2.30. The van der Waals surface area contributed by atoms with Crippen LogP contribution in [-0.4, -0.2) is 37.2 Å². The molecule has 0 N–H and O–H groups in total. The SMILES string of the molecule is CC/C=C\C/C=C\C/C=C\C/C=C\C/C=C\C/C=C\CCCCCCCCC(=O)OCC(COC(=O)CCCCCCC/C=C\CCCC)OC(=O)CCCCCCCCCCCCCCC/C=C\CCCCCCCCCC. The van der Waals surface area contributed by atoms with Crippen molar-refractivity contribution in [3.63, 3.8) is 0 Å². The summed E-state index contributed by atoms with van der Waals surface area (Å²) in [4.78, 5) is 38.3. The molecule has 79 heavy (non-hydrogen) atoms. The maximum Gasteiger partial charge on any atom is 0.306 e. The van der Waals surface area contributed by atoms with Crippen LogP contribution in [0.2, 0.25) is 0 Å². The minimum Gasteiger partial charge on any atom is -0.462 e. The minimum atomic E-state index is -0.789. The van der Waals surface area contributed by atoms with Crippen molar-refractivity contribution in [3.8, 4) is 0 Å². The molecule has 0 saturated heterocycles. The van der Waals surface area contributed by atoms with Gasteiger partial charge in [-0.25, -0.2) is 0 Å². The van der Waals surface area contributed by atoms with E-state index in [4.69, 9.17) is 14.2 Å². The second-order valence-electron chi connectivity index (χ2n) is 22.3. The van der Waals surface area contributed by atoms with Gasteiger partial charge < -0.3 is 14.2 Å². The summed E-state index contributed by atoms with van der Waals surface area (Å²) in [6.07, 6.45) is 90.0. The first-order chi connectivity index (χ1) is 39.0. The van der Waals surface area contributed by atoms with E-state index in [-0.39, 0.29) is 31.1 Å². The van der Waals surface area contributed by atoms with Crippen molar-refractivity contribution < 1.29 is 28.6 Å². The van der Waals surface area contributed by atoms with Crippen molar-refractivity contribution in [3.05, 3.63) is 97.2 Å². The number of carbonyl (C=O) groups is 3. The Bertz CT molecular complexity index is 1540. The minimum absolute atomic E-state index is 0.0855. The second-order valence-corrected chi connectivity index (χ2v) is 22.3. The maximum atomic E-state index is 12.9. The summed E-state index contributed by atoms with van der Waals surface area (Å²) in [5.41, 5.74) is 0. The summed E-state index contributed by atoms with van der Waals surface area (Å²) in [6, 6.07) is 0. The standard InChI is InChI=1S/C73H126O6/c1-4-7-10-13-16-19-22-24-26-28-30-32-34-36-38-40-42-44-46-48-51-54-57-60-63-66-72(75)78-69-70(68-77-71(74)65-62-59-56-53-50-21-18-15-12-9-6-3)79-73(76)67-64-61-58-55-52-49-47-45-43-41-39-37-35-33-31-29-27-25-23-20-17-14-11-8-5-2/h7,10,15-16,18-19,24,26,29-32,36,38,42,44,70H,4-6,8-9,11-14,17,20-23,25,27-28,33-35,37,39-41,43,45-69H2,1-3H3/b10-7-,18-15-,19-16-,26-24-,31-29-,32-30-,38-36-,44-42-. The first-order valence-electron chi connectivity index (χ1n) is 33.7. The maximum absolute atomic E-state index is 12.9. The lowest BCUT2D eigenvalue weighted by atomic mass is 10.0. The quantitative estimate of drug-likeness (QED) is 0.0261. The molecule has 0 rings (SSSR count). The van der Waals surface area contributed by atoms with Crippen LogP contribution in [0.1, 0.15) is 329 Å². The van der Waals surface area contributed by atoms with Gasteiger partial charge in [-0.3, -0.25) is 14.4 Å². The van der Waals surface area contributed by atoms with E-state index in [1.807, 2.05) is 0 Å². The van der Waals surface area contributed by atoms with Crippen molar-refractivity contribution in [2.75, 3.05) is 13.2 Å². The highest BCUT2D eigenvalue weighted by atomic mass is 16.6. The molecule has 1 atom stereocenters. The lowest BCUT2D eigenvalue weighted by Gasteiger charge is -2.18. The molecule has 0 radical (unpaired) electrons. The van der Waals surface area contributed by atoms with Gasteiger partial charge >= 0.3 is 17.9 Å². The highest BCUT2D eigenvalue weighted by Crippen LogP contribution is 2.17. The van der Waals surface area contributed by atoms with Gasteiger partial charge in [0.2, 0.25) is 0 Å². The monoisotopic (exact) mass is 1100 g/mol. The molecule has 6 heteroatoms. The second kappa shape index (κ2) is 66.8. The van der Waals surface area contributed by atoms with Crippen molar-refractivity contribution in [1.82, 2.24) is 0 Å². The van der Waals surface area contributed by atoms with Gasteiger partial charge in [0.05, 0.1) is 0 Å². The molecule has 0 aromatic heterocycles. The summed E-state index contributed by atoms with van der Waals surface area (Å²) >= 11 is 0. The molecule has 0 fully saturated rings.